The quantitative estimate of drug-likeness (QED) is 0.805. The van der Waals surface area contributed by atoms with Crippen LogP contribution in [0.3, 0.4) is 0 Å². The van der Waals surface area contributed by atoms with Gasteiger partial charge in [-0.1, -0.05) is 54.1 Å². The number of hydrogen-bond acceptors (Lipinski definition) is 3. The minimum absolute atomic E-state index is 0.795. The van der Waals surface area contributed by atoms with Gasteiger partial charge >= 0.3 is 0 Å². The highest BCUT2D eigenvalue weighted by molar-refractivity contribution is 6.30. The number of hydrazone groups is 1. The summed E-state index contributed by atoms with van der Waals surface area (Å²) in [7, 11) is 0. The van der Waals surface area contributed by atoms with Crippen molar-refractivity contribution in [1.29, 1.82) is 0 Å². The molecule has 0 amide bonds. The third-order valence-electron chi connectivity index (χ3n) is 3.84. The molecular weight excluding hydrogens is 294 g/mol. The first-order valence-corrected chi connectivity index (χ1v) is 7.98. The minimum Gasteiger partial charge on any atom is -0.295 e. The molecule has 3 nitrogen and oxygen atoms in total. The lowest BCUT2D eigenvalue weighted by Gasteiger charge is -2.33. The molecule has 0 bridgehead atoms. The maximum absolute atomic E-state index is 5.92. The van der Waals surface area contributed by atoms with Crippen LogP contribution >= 0.6 is 11.6 Å². The molecule has 0 radical (unpaired) electrons. The molecular formula is C18H20ClN3. The molecule has 2 aromatic rings. The molecule has 1 saturated heterocycles. The zero-order valence-corrected chi connectivity index (χ0v) is 13.3. The number of piperazine rings is 1. The maximum atomic E-state index is 5.92. The average molecular weight is 314 g/mol. The summed E-state index contributed by atoms with van der Waals surface area (Å²) in [4.78, 5) is 2.46. The fraction of sp³-hybridized carbons (Fsp3) is 0.278. The summed E-state index contributed by atoms with van der Waals surface area (Å²) in [5.41, 5.74) is 2.46. The maximum Gasteiger partial charge on any atom is 0.0542 e. The highest BCUT2D eigenvalue weighted by Gasteiger charge is 2.15. The number of nitrogens with zero attached hydrogens (tertiary/aromatic N) is 3. The van der Waals surface area contributed by atoms with Crippen molar-refractivity contribution in [1.82, 2.24) is 9.91 Å². The minimum atomic E-state index is 0.795. The van der Waals surface area contributed by atoms with Crippen LogP contribution in [0, 0.1) is 0 Å². The van der Waals surface area contributed by atoms with Gasteiger partial charge in [0.1, 0.15) is 0 Å². The summed E-state index contributed by atoms with van der Waals surface area (Å²) in [6.07, 6.45) is 1.94. The monoisotopic (exact) mass is 313 g/mol. The average Bonchev–Trinajstić information content (AvgIpc) is 2.57. The first-order valence-electron chi connectivity index (χ1n) is 7.60. The zero-order chi connectivity index (χ0) is 15.2. The van der Waals surface area contributed by atoms with Crippen molar-refractivity contribution in [3.8, 4) is 0 Å². The van der Waals surface area contributed by atoms with Gasteiger partial charge in [-0.15, -0.1) is 0 Å². The Balaban J connectivity index is 1.48. The van der Waals surface area contributed by atoms with Crippen molar-refractivity contribution in [2.75, 3.05) is 26.2 Å². The lowest BCUT2D eigenvalue weighted by Crippen LogP contribution is -2.43. The van der Waals surface area contributed by atoms with Crippen LogP contribution in [0.25, 0.3) is 0 Å². The molecule has 0 aromatic heterocycles. The van der Waals surface area contributed by atoms with Gasteiger partial charge in [-0.05, 0) is 23.3 Å². The Labute approximate surface area is 136 Å². The van der Waals surface area contributed by atoms with Crippen LogP contribution in [-0.4, -0.2) is 42.3 Å². The molecule has 2 aromatic carbocycles. The highest BCUT2D eigenvalue weighted by Crippen LogP contribution is 2.13. The van der Waals surface area contributed by atoms with Gasteiger partial charge in [0.15, 0.2) is 0 Å². The molecule has 0 unspecified atom stereocenters. The molecule has 1 aliphatic rings. The predicted octanol–water partition coefficient (Wildman–Crippen LogP) is 3.49. The van der Waals surface area contributed by atoms with E-state index in [1.807, 2.05) is 36.5 Å². The van der Waals surface area contributed by atoms with Crippen molar-refractivity contribution in [2.45, 2.75) is 6.54 Å². The first-order chi connectivity index (χ1) is 10.8. The van der Waals surface area contributed by atoms with E-state index in [0.29, 0.717) is 0 Å². The predicted molar refractivity (Wildman–Crippen MR) is 92.3 cm³/mol. The molecule has 22 heavy (non-hydrogen) atoms. The molecule has 1 fully saturated rings. The Hall–Kier alpha value is -1.84. The van der Waals surface area contributed by atoms with Crippen LogP contribution < -0.4 is 0 Å². The Morgan fingerprint density at radius 2 is 1.59 bits per heavy atom. The van der Waals surface area contributed by atoms with E-state index < -0.39 is 0 Å². The summed E-state index contributed by atoms with van der Waals surface area (Å²) >= 11 is 5.92. The topological polar surface area (TPSA) is 18.8 Å². The van der Waals surface area contributed by atoms with E-state index in [9.17, 15) is 0 Å². The van der Waals surface area contributed by atoms with E-state index in [1.165, 1.54) is 5.56 Å². The Bertz CT molecular complexity index is 602. The molecule has 1 heterocycles. The molecule has 0 aliphatic carbocycles. The normalized spacial score (nSPS) is 16.3. The third kappa shape index (κ3) is 4.33. The van der Waals surface area contributed by atoms with Gasteiger partial charge < -0.3 is 0 Å². The van der Waals surface area contributed by atoms with Crippen LogP contribution in [-0.2, 0) is 6.54 Å². The van der Waals surface area contributed by atoms with E-state index in [2.05, 4.69) is 39.3 Å². The molecule has 3 rings (SSSR count). The highest BCUT2D eigenvalue weighted by atomic mass is 35.5. The van der Waals surface area contributed by atoms with Gasteiger partial charge in [0.05, 0.1) is 6.21 Å². The SMILES string of the molecule is Clc1ccc(CN2CCN(/N=C/c3ccccc3)CC2)cc1. The molecule has 0 saturated carbocycles. The molecule has 0 atom stereocenters. The zero-order valence-electron chi connectivity index (χ0n) is 12.5. The van der Waals surface area contributed by atoms with Gasteiger partial charge in [0.2, 0.25) is 0 Å². The van der Waals surface area contributed by atoms with Crippen LogP contribution in [0.1, 0.15) is 11.1 Å². The summed E-state index contributed by atoms with van der Waals surface area (Å²) < 4.78 is 0. The second kappa shape index (κ2) is 7.43. The molecule has 1 aliphatic heterocycles. The van der Waals surface area contributed by atoms with Gasteiger partial charge in [-0.3, -0.25) is 9.91 Å². The fourth-order valence-electron chi connectivity index (χ4n) is 2.55. The lowest BCUT2D eigenvalue weighted by molar-refractivity contribution is 0.131. The van der Waals surface area contributed by atoms with E-state index in [-0.39, 0.29) is 0 Å². The molecule has 114 valence electrons. The molecule has 4 heteroatoms. The second-order valence-electron chi connectivity index (χ2n) is 5.51. The van der Waals surface area contributed by atoms with Crippen LogP contribution in [0.5, 0.6) is 0 Å². The van der Waals surface area contributed by atoms with Gasteiger partial charge in [-0.25, -0.2) is 0 Å². The number of hydrogen-bond donors (Lipinski definition) is 0. The van der Waals surface area contributed by atoms with E-state index in [0.717, 1.165) is 43.3 Å². The van der Waals surface area contributed by atoms with E-state index in [1.54, 1.807) is 0 Å². The number of halogens is 1. The summed E-state index contributed by atoms with van der Waals surface area (Å²) in [5.74, 6) is 0. The number of rotatable bonds is 4. The fourth-order valence-corrected chi connectivity index (χ4v) is 2.67. The van der Waals surface area contributed by atoms with Crippen molar-refractivity contribution >= 4 is 17.8 Å². The molecule has 0 N–H and O–H groups in total. The van der Waals surface area contributed by atoms with E-state index in [4.69, 9.17) is 11.6 Å². The van der Waals surface area contributed by atoms with Crippen molar-refractivity contribution in [3.63, 3.8) is 0 Å². The standard InChI is InChI=1S/C18H20ClN3/c19-18-8-6-17(7-9-18)15-21-10-12-22(13-11-21)20-14-16-4-2-1-3-5-16/h1-9,14H,10-13,15H2/b20-14+. The smallest absolute Gasteiger partial charge is 0.0542 e. The Kier molecular flexibility index (Phi) is 5.09. The number of benzene rings is 2. The van der Waals surface area contributed by atoms with Gasteiger partial charge in [0, 0.05) is 37.7 Å². The lowest BCUT2D eigenvalue weighted by atomic mass is 10.2. The van der Waals surface area contributed by atoms with Crippen molar-refractivity contribution < 1.29 is 0 Å². The Morgan fingerprint density at radius 3 is 2.27 bits per heavy atom. The third-order valence-corrected chi connectivity index (χ3v) is 4.09. The van der Waals surface area contributed by atoms with Crippen LogP contribution in [0.2, 0.25) is 5.02 Å². The second-order valence-corrected chi connectivity index (χ2v) is 5.95. The van der Waals surface area contributed by atoms with E-state index >= 15 is 0 Å². The molecule has 0 spiro atoms. The first kappa shape index (κ1) is 15.1. The summed E-state index contributed by atoms with van der Waals surface area (Å²) in [5, 5.41) is 7.51. The largest absolute Gasteiger partial charge is 0.295 e. The van der Waals surface area contributed by atoms with Gasteiger partial charge in [0.25, 0.3) is 0 Å². The van der Waals surface area contributed by atoms with Crippen LogP contribution in [0.4, 0.5) is 0 Å². The van der Waals surface area contributed by atoms with Crippen molar-refractivity contribution in [2.24, 2.45) is 5.10 Å². The van der Waals surface area contributed by atoms with Gasteiger partial charge in [-0.2, -0.15) is 5.10 Å². The summed E-state index contributed by atoms with van der Waals surface area (Å²) in [6, 6.07) is 18.3. The van der Waals surface area contributed by atoms with Crippen LogP contribution in [0.15, 0.2) is 59.7 Å². The Morgan fingerprint density at radius 1 is 0.909 bits per heavy atom. The summed E-state index contributed by atoms with van der Waals surface area (Å²) in [6.45, 7) is 4.99. The van der Waals surface area contributed by atoms with Crippen molar-refractivity contribution in [3.05, 3.63) is 70.7 Å².